The van der Waals surface area contributed by atoms with Gasteiger partial charge in [-0.15, -0.1) is 0 Å². The molecule has 6 heteroatoms. The van der Waals surface area contributed by atoms with Gasteiger partial charge in [0.1, 0.15) is 6.33 Å². The van der Waals surface area contributed by atoms with Crippen LogP contribution >= 0.6 is 0 Å². The second-order valence-electron chi connectivity index (χ2n) is 4.07. The number of nitrogen functional groups attached to an aromatic ring is 1. The Morgan fingerprint density at radius 1 is 1.60 bits per heavy atom. The van der Waals surface area contributed by atoms with E-state index in [0.29, 0.717) is 6.42 Å². The maximum Gasteiger partial charge on any atom is 0.352 e. The van der Waals surface area contributed by atoms with Crippen LogP contribution in [0.2, 0.25) is 0 Å². The summed E-state index contributed by atoms with van der Waals surface area (Å²) in [5.74, 6) is 0.197. The van der Waals surface area contributed by atoms with Gasteiger partial charge in [0.2, 0.25) is 5.95 Å². The van der Waals surface area contributed by atoms with Gasteiger partial charge in [0.05, 0.1) is 6.10 Å². The molecule has 15 heavy (non-hydrogen) atoms. The summed E-state index contributed by atoms with van der Waals surface area (Å²) in [6.45, 7) is 1.97. The molecule has 0 saturated heterocycles. The summed E-state index contributed by atoms with van der Waals surface area (Å²) in [5.41, 5.74) is 4.90. The van der Waals surface area contributed by atoms with Gasteiger partial charge in [0.25, 0.3) is 0 Å². The predicted molar refractivity (Wildman–Crippen MR) is 54.1 cm³/mol. The Bertz CT molecular complexity index is 407. The molecule has 6 nitrogen and oxygen atoms in total. The highest BCUT2D eigenvalue weighted by molar-refractivity contribution is 5.10. The van der Waals surface area contributed by atoms with Crippen LogP contribution in [-0.4, -0.2) is 25.7 Å². The lowest BCUT2D eigenvalue weighted by molar-refractivity contribution is 0.139. The first-order valence-corrected chi connectivity index (χ1v) is 4.96. The van der Waals surface area contributed by atoms with Gasteiger partial charge in [-0.1, -0.05) is 6.92 Å². The molecular weight excluding hydrogens is 196 g/mol. The van der Waals surface area contributed by atoms with Crippen LogP contribution in [0.5, 0.6) is 0 Å². The average molecular weight is 210 g/mol. The lowest BCUT2D eigenvalue weighted by Crippen LogP contribution is -2.27. The van der Waals surface area contributed by atoms with E-state index in [9.17, 15) is 9.90 Å². The van der Waals surface area contributed by atoms with E-state index in [2.05, 4.69) is 9.97 Å². The van der Waals surface area contributed by atoms with Crippen LogP contribution in [0.15, 0.2) is 11.1 Å². The second-order valence-corrected chi connectivity index (χ2v) is 4.07. The van der Waals surface area contributed by atoms with Gasteiger partial charge in [-0.3, -0.25) is 4.57 Å². The largest absolute Gasteiger partial charge is 0.393 e. The summed E-state index contributed by atoms with van der Waals surface area (Å²) in [7, 11) is 0. The van der Waals surface area contributed by atoms with Crippen molar-refractivity contribution in [1.82, 2.24) is 14.5 Å². The third-order valence-electron chi connectivity index (χ3n) is 2.95. The molecule has 1 fully saturated rings. The number of nitrogens with zero attached hydrogens (tertiary/aromatic N) is 3. The molecular formula is C9H14N4O2. The molecule has 2 rings (SSSR count). The van der Waals surface area contributed by atoms with Crippen molar-refractivity contribution in [3.63, 3.8) is 0 Å². The standard InChI is InChI=1S/C9H14N4O2/c1-5-2-6(3-7(5)14)13-4-11-8(10)12-9(13)15/h4-7,14H,2-3H2,1H3,(H2,10,12,15)/t5-,6+,7-/m0/s1. The maximum absolute atomic E-state index is 11.5. The zero-order chi connectivity index (χ0) is 11.0. The smallest absolute Gasteiger partial charge is 0.352 e. The number of rotatable bonds is 1. The monoisotopic (exact) mass is 210 g/mol. The maximum atomic E-state index is 11.5. The Labute approximate surface area is 86.8 Å². The molecule has 0 amide bonds. The van der Waals surface area contributed by atoms with Crippen LogP contribution in [0.4, 0.5) is 5.95 Å². The molecule has 0 radical (unpaired) electrons. The van der Waals surface area contributed by atoms with Gasteiger partial charge in [-0.2, -0.15) is 4.98 Å². The van der Waals surface area contributed by atoms with Gasteiger partial charge in [0.15, 0.2) is 0 Å². The Kier molecular flexibility index (Phi) is 2.44. The molecule has 1 saturated carbocycles. The van der Waals surface area contributed by atoms with Crippen molar-refractivity contribution in [3.05, 3.63) is 16.8 Å². The molecule has 1 aliphatic rings. The highest BCUT2D eigenvalue weighted by atomic mass is 16.3. The summed E-state index contributed by atoms with van der Waals surface area (Å²) in [4.78, 5) is 18.8. The van der Waals surface area contributed by atoms with E-state index >= 15 is 0 Å². The number of aliphatic hydroxyl groups is 1. The van der Waals surface area contributed by atoms with Crippen molar-refractivity contribution in [1.29, 1.82) is 0 Å². The van der Waals surface area contributed by atoms with Gasteiger partial charge < -0.3 is 10.8 Å². The van der Waals surface area contributed by atoms with E-state index in [-0.39, 0.29) is 24.0 Å². The Balaban J connectivity index is 2.28. The first-order valence-electron chi connectivity index (χ1n) is 4.96. The molecule has 0 aromatic carbocycles. The van der Waals surface area contributed by atoms with E-state index in [1.807, 2.05) is 6.92 Å². The molecule has 1 aliphatic carbocycles. The lowest BCUT2D eigenvalue weighted by atomic mass is 10.1. The number of aliphatic hydroxyl groups excluding tert-OH is 1. The van der Waals surface area contributed by atoms with E-state index in [0.717, 1.165) is 6.42 Å². The fourth-order valence-electron chi connectivity index (χ4n) is 2.03. The number of aromatic nitrogens is 3. The average Bonchev–Trinajstić information content (AvgIpc) is 2.46. The zero-order valence-electron chi connectivity index (χ0n) is 8.50. The molecule has 3 atom stereocenters. The molecule has 1 aromatic rings. The first-order chi connectivity index (χ1) is 7.08. The third-order valence-corrected chi connectivity index (χ3v) is 2.95. The Morgan fingerprint density at radius 3 is 2.87 bits per heavy atom. The fourth-order valence-corrected chi connectivity index (χ4v) is 2.03. The Morgan fingerprint density at radius 2 is 2.33 bits per heavy atom. The molecule has 1 aromatic heterocycles. The van der Waals surface area contributed by atoms with Crippen LogP contribution in [0.1, 0.15) is 25.8 Å². The highest BCUT2D eigenvalue weighted by Gasteiger charge is 2.31. The number of anilines is 1. The quantitative estimate of drug-likeness (QED) is 0.655. The van der Waals surface area contributed by atoms with Crippen LogP contribution in [-0.2, 0) is 0 Å². The zero-order valence-corrected chi connectivity index (χ0v) is 8.50. The first kappa shape index (κ1) is 10.1. The molecule has 0 bridgehead atoms. The highest BCUT2D eigenvalue weighted by Crippen LogP contribution is 2.33. The topological polar surface area (TPSA) is 94.0 Å². The van der Waals surface area contributed by atoms with Crippen molar-refractivity contribution in [2.75, 3.05) is 5.73 Å². The SMILES string of the molecule is C[C@H]1C[C@@H](n2cnc(N)nc2=O)C[C@@H]1O. The summed E-state index contributed by atoms with van der Waals surface area (Å²) in [6, 6.07) is -0.0110. The van der Waals surface area contributed by atoms with Gasteiger partial charge in [-0.05, 0) is 18.8 Å². The number of hydrogen-bond acceptors (Lipinski definition) is 5. The molecule has 0 aliphatic heterocycles. The molecule has 3 N–H and O–H groups in total. The second kappa shape index (κ2) is 3.62. The van der Waals surface area contributed by atoms with E-state index in [1.54, 1.807) is 0 Å². The minimum Gasteiger partial charge on any atom is -0.393 e. The lowest BCUT2D eigenvalue weighted by Gasteiger charge is -2.11. The van der Waals surface area contributed by atoms with Crippen molar-refractivity contribution in [2.24, 2.45) is 5.92 Å². The van der Waals surface area contributed by atoms with Crippen molar-refractivity contribution < 1.29 is 5.11 Å². The van der Waals surface area contributed by atoms with Crippen LogP contribution in [0, 0.1) is 5.92 Å². The van der Waals surface area contributed by atoms with Gasteiger partial charge >= 0.3 is 5.69 Å². The summed E-state index contributed by atoms with van der Waals surface area (Å²) < 4.78 is 1.45. The minimum absolute atomic E-state index is 0.0110. The van der Waals surface area contributed by atoms with E-state index in [1.165, 1.54) is 10.9 Å². The van der Waals surface area contributed by atoms with E-state index in [4.69, 9.17) is 5.73 Å². The molecule has 0 unspecified atom stereocenters. The van der Waals surface area contributed by atoms with Crippen molar-refractivity contribution in [2.45, 2.75) is 31.9 Å². The molecule has 1 heterocycles. The number of nitrogens with two attached hydrogens (primary N) is 1. The van der Waals surface area contributed by atoms with E-state index < -0.39 is 5.69 Å². The minimum atomic E-state index is -0.395. The van der Waals surface area contributed by atoms with Gasteiger partial charge in [-0.25, -0.2) is 9.78 Å². The van der Waals surface area contributed by atoms with Crippen molar-refractivity contribution in [3.8, 4) is 0 Å². The predicted octanol–water partition coefficient (Wildman–Crippen LogP) is -0.448. The van der Waals surface area contributed by atoms with Gasteiger partial charge in [0, 0.05) is 6.04 Å². The molecule has 82 valence electrons. The normalized spacial score (nSPS) is 30.7. The van der Waals surface area contributed by atoms with Crippen molar-refractivity contribution >= 4 is 5.95 Å². The summed E-state index contributed by atoms with van der Waals surface area (Å²) >= 11 is 0. The third kappa shape index (κ3) is 1.85. The number of hydrogen-bond donors (Lipinski definition) is 2. The summed E-state index contributed by atoms with van der Waals surface area (Å²) in [5, 5.41) is 9.59. The van der Waals surface area contributed by atoms with Crippen LogP contribution in [0.25, 0.3) is 0 Å². The fraction of sp³-hybridized carbons (Fsp3) is 0.667. The summed E-state index contributed by atoms with van der Waals surface area (Å²) in [6.07, 6.45) is 2.41. The molecule has 0 spiro atoms. The van der Waals surface area contributed by atoms with Crippen LogP contribution < -0.4 is 11.4 Å². The van der Waals surface area contributed by atoms with Crippen LogP contribution in [0.3, 0.4) is 0 Å². The Hall–Kier alpha value is -1.43.